The number of ether oxygens (including phenoxy) is 3. The lowest BCUT2D eigenvalue weighted by Gasteiger charge is -2.39. The van der Waals surface area contributed by atoms with Crippen molar-refractivity contribution >= 4 is 40.8 Å². The summed E-state index contributed by atoms with van der Waals surface area (Å²) in [7, 11) is 1.37. The van der Waals surface area contributed by atoms with Gasteiger partial charge in [-0.2, -0.15) is 23.0 Å². The first kappa shape index (κ1) is 29.9. The average molecular weight is 627 g/mol. The smallest absolute Gasteiger partial charge is 0.393 e. The van der Waals surface area contributed by atoms with E-state index in [1.807, 2.05) is 0 Å². The molecular weight excluding hydrogens is 601 g/mol. The number of piperidine rings is 1. The molecule has 2 saturated heterocycles. The third-order valence-corrected chi connectivity index (χ3v) is 8.27. The highest BCUT2D eigenvalue weighted by Crippen LogP contribution is 2.44. The van der Waals surface area contributed by atoms with Crippen LogP contribution in [0.2, 0.25) is 4.34 Å². The summed E-state index contributed by atoms with van der Waals surface area (Å²) in [5.41, 5.74) is -0.269. The summed E-state index contributed by atoms with van der Waals surface area (Å²) in [6, 6.07) is 10.1. The lowest BCUT2D eigenvalue weighted by atomic mass is 9.82. The van der Waals surface area contributed by atoms with E-state index in [0.29, 0.717) is 9.21 Å². The first-order valence-corrected chi connectivity index (χ1v) is 14.2. The molecule has 0 spiro atoms. The number of nitrogens with zero attached hydrogens (tertiary/aromatic N) is 4. The zero-order chi connectivity index (χ0) is 30.0. The molecule has 2 fully saturated rings. The van der Waals surface area contributed by atoms with Gasteiger partial charge in [0.2, 0.25) is 11.8 Å². The second-order valence-corrected chi connectivity index (χ2v) is 11.4. The summed E-state index contributed by atoms with van der Waals surface area (Å²) in [5, 5.41) is 4.20. The number of carbonyl (C=O) groups excluding carboxylic acids is 3. The van der Waals surface area contributed by atoms with Gasteiger partial charge in [-0.1, -0.05) is 23.7 Å². The Morgan fingerprint density at radius 1 is 1.14 bits per heavy atom. The molecule has 0 bridgehead atoms. The Morgan fingerprint density at radius 2 is 1.88 bits per heavy atom. The number of urea groups is 1. The van der Waals surface area contributed by atoms with E-state index >= 15 is 0 Å². The first-order chi connectivity index (χ1) is 20.1. The quantitative estimate of drug-likeness (QED) is 0.387. The maximum absolute atomic E-state index is 14.3. The molecule has 0 aliphatic carbocycles. The van der Waals surface area contributed by atoms with Crippen LogP contribution in [0.5, 0.6) is 11.6 Å². The standard InChI is InChI=1S/C27H26ClF3N4O6S/c1-39-20-5-3-2-4-17(20)24(36)35-22(41-15-16-6-7-21(28)42-16)14-19(32-35)23-18(27(29,30)31)8-9-34(25(23)37)26(38)33-10-12-40-13-11-33/h2-7,14,18,23H,8-13,15H2,1H3. The molecular formula is C27H26ClF3N4O6S. The van der Waals surface area contributed by atoms with Crippen molar-refractivity contribution in [2.45, 2.75) is 25.1 Å². The molecule has 3 amide bonds. The van der Waals surface area contributed by atoms with Crippen molar-refractivity contribution in [3.63, 3.8) is 0 Å². The van der Waals surface area contributed by atoms with E-state index in [2.05, 4.69) is 5.10 Å². The topological polar surface area (TPSA) is 103 Å². The van der Waals surface area contributed by atoms with Gasteiger partial charge >= 0.3 is 12.2 Å². The van der Waals surface area contributed by atoms with Crippen LogP contribution in [-0.4, -0.2) is 83.6 Å². The summed E-state index contributed by atoms with van der Waals surface area (Å²) < 4.78 is 60.6. The Bertz CT molecular complexity index is 1470. The van der Waals surface area contributed by atoms with Crippen molar-refractivity contribution in [1.29, 1.82) is 0 Å². The first-order valence-electron chi connectivity index (χ1n) is 13.0. The maximum Gasteiger partial charge on any atom is 0.393 e. The molecule has 2 aliphatic rings. The zero-order valence-corrected chi connectivity index (χ0v) is 23.9. The number of carbonyl (C=O) groups is 3. The van der Waals surface area contributed by atoms with Crippen LogP contribution in [0.3, 0.4) is 0 Å². The highest BCUT2D eigenvalue weighted by Gasteiger charge is 2.54. The van der Waals surface area contributed by atoms with E-state index in [0.717, 1.165) is 15.6 Å². The van der Waals surface area contributed by atoms with Crippen LogP contribution < -0.4 is 9.47 Å². The molecule has 15 heteroatoms. The molecule has 2 aliphatic heterocycles. The van der Waals surface area contributed by atoms with Crippen molar-refractivity contribution in [3.05, 3.63) is 62.9 Å². The van der Waals surface area contributed by atoms with E-state index < -0.39 is 48.8 Å². The van der Waals surface area contributed by atoms with Crippen molar-refractivity contribution in [2.75, 3.05) is 40.0 Å². The molecule has 0 radical (unpaired) electrons. The van der Waals surface area contributed by atoms with Crippen LogP contribution in [0.15, 0.2) is 42.5 Å². The fraction of sp³-hybridized carbons (Fsp3) is 0.407. The number of thiophene rings is 1. The molecule has 1 aromatic carbocycles. The van der Waals surface area contributed by atoms with Crippen molar-refractivity contribution < 1.29 is 41.8 Å². The van der Waals surface area contributed by atoms with Crippen LogP contribution in [0.1, 0.15) is 33.3 Å². The van der Waals surface area contributed by atoms with Gasteiger partial charge in [0, 0.05) is 30.6 Å². The number of amides is 3. The number of hydrogen-bond acceptors (Lipinski definition) is 8. The van der Waals surface area contributed by atoms with Gasteiger partial charge in [-0.05, 0) is 30.7 Å². The Hall–Kier alpha value is -3.62. The molecule has 3 aromatic rings. The summed E-state index contributed by atoms with van der Waals surface area (Å²) in [5.74, 6) is -5.78. The molecule has 10 nitrogen and oxygen atoms in total. The second kappa shape index (κ2) is 12.3. The number of alkyl halides is 3. The number of morpholine rings is 1. The molecule has 0 saturated carbocycles. The average Bonchev–Trinajstić information content (AvgIpc) is 3.60. The number of imide groups is 1. The fourth-order valence-corrected chi connectivity index (χ4v) is 5.98. The summed E-state index contributed by atoms with van der Waals surface area (Å²) in [6.07, 6.45) is -5.30. The minimum Gasteiger partial charge on any atom is -0.496 e. The number of rotatable bonds is 6. The van der Waals surface area contributed by atoms with Crippen LogP contribution in [0.4, 0.5) is 18.0 Å². The van der Waals surface area contributed by atoms with Gasteiger partial charge in [0.15, 0.2) is 0 Å². The third-order valence-electron chi connectivity index (χ3n) is 7.07. The van der Waals surface area contributed by atoms with Crippen molar-refractivity contribution in [1.82, 2.24) is 19.6 Å². The lowest BCUT2D eigenvalue weighted by molar-refractivity contribution is -0.194. The van der Waals surface area contributed by atoms with Gasteiger partial charge in [0.05, 0.1) is 47.8 Å². The number of halogens is 4. The van der Waals surface area contributed by atoms with E-state index in [1.54, 1.807) is 30.3 Å². The number of aromatic nitrogens is 2. The predicted molar refractivity (Wildman–Crippen MR) is 145 cm³/mol. The van der Waals surface area contributed by atoms with Crippen LogP contribution >= 0.6 is 22.9 Å². The minimum absolute atomic E-state index is 0.0648. The van der Waals surface area contributed by atoms with E-state index in [-0.39, 0.29) is 55.8 Å². The Balaban J connectivity index is 1.54. The molecule has 224 valence electrons. The van der Waals surface area contributed by atoms with Gasteiger partial charge in [0.1, 0.15) is 12.4 Å². The van der Waals surface area contributed by atoms with Gasteiger partial charge < -0.3 is 19.1 Å². The normalized spacial score (nSPS) is 19.6. The van der Waals surface area contributed by atoms with E-state index in [4.69, 9.17) is 25.8 Å². The van der Waals surface area contributed by atoms with Crippen molar-refractivity contribution in [3.8, 4) is 11.6 Å². The SMILES string of the molecule is COc1ccccc1C(=O)n1nc(C2C(=O)N(C(=O)N3CCOCC3)CCC2C(F)(F)F)cc1OCc1ccc(Cl)s1. The van der Waals surface area contributed by atoms with Crippen molar-refractivity contribution in [2.24, 2.45) is 5.92 Å². The summed E-state index contributed by atoms with van der Waals surface area (Å²) >= 11 is 7.23. The Labute approximate surface area is 247 Å². The van der Waals surface area contributed by atoms with Gasteiger partial charge in [-0.25, -0.2) is 4.79 Å². The van der Waals surface area contributed by atoms with Gasteiger partial charge in [-0.3, -0.25) is 14.5 Å². The second-order valence-electron chi connectivity index (χ2n) is 9.61. The molecule has 4 heterocycles. The zero-order valence-electron chi connectivity index (χ0n) is 22.3. The van der Waals surface area contributed by atoms with Crippen LogP contribution in [0.25, 0.3) is 0 Å². The Kier molecular flexibility index (Phi) is 8.76. The van der Waals surface area contributed by atoms with Gasteiger partial charge in [-0.15, -0.1) is 11.3 Å². The monoisotopic (exact) mass is 626 g/mol. The molecule has 5 rings (SSSR count). The van der Waals surface area contributed by atoms with Crippen LogP contribution in [0, 0.1) is 5.92 Å². The van der Waals surface area contributed by atoms with E-state index in [1.165, 1.54) is 29.4 Å². The molecule has 2 atom stereocenters. The minimum atomic E-state index is -4.78. The molecule has 2 unspecified atom stereocenters. The highest BCUT2D eigenvalue weighted by atomic mass is 35.5. The highest BCUT2D eigenvalue weighted by molar-refractivity contribution is 7.16. The summed E-state index contributed by atoms with van der Waals surface area (Å²) in [6.45, 7) is 0.469. The molecule has 0 N–H and O–H groups in total. The predicted octanol–water partition coefficient (Wildman–Crippen LogP) is 4.82. The number of methoxy groups -OCH3 is 1. The third kappa shape index (κ3) is 6.10. The van der Waals surface area contributed by atoms with Gasteiger partial charge in [0.25, 0.3) is 5.91 Å². The number of para-hydroxylation sites is 1. The maximum atomic E-state index is 14.3. The number of hydrogen-bond donors (Lipinski definition) is 0. The molecule has 42 heavy (non-hydrogen) atoms. The lowest BCUT2D eigenvalue weighted by Crippen LogP contribution is -2.56. The van der Waals surface area contributed by atoms with Crippen LogP contribution in [-0.2, 0) is 16.1 Å². The Morgan fingerprint density at radius 3 is 2.55 bits per heavy atom. The largest absolute Gasteiger partial charge is 0.496 e. The fourth-order valence-electron chi connectivity index (χ4n) is 4.98. The van der Waals surface area contributed by atoms with E-state index in [9.17, 15) is 27.6 Å². The molecule has 2 aromatic heterocycles. The summed E-state index contributed by atoms with van der Waals surface area (Å²) in [4.78, 5) is 43.3. The number of benzene rings is 1. The number of likely N-dealkylation sites (tertiary alicyclic amines) is 1.